The van der Waals surface area contributed by atoms with E-state index in [1.807, 2.05) is 42.5 Å². The van der Waals surface area contributed by atoms with E-state index in [0.717, 1.165) is 60.0 Å². The van der Waals surface area contributed by atoms with Gasteiger partial charge in [-0.25, -0.2) is 4.98 Å². The number of aromatic nitrogens is 2. The first kappa shape index (κ1) is 21.3. The average Bonchev–Trinajstić information content (AvgIpc) is 3.07. The zero-order chi connectivity index (χ0) is 17.3. The van der Waals surface area contributed by atoms with Crippen LogP contribution in [0.5, 0.6) is 17.2 Å². The molecule has 4 rings (SSSR count). The maximum absolute atomic E-state index is 6.56. The summed E-state index contributed by atoms with van der Waals surface area (Å²) < 4.78 is 11.1. The van der Waals surface area contributed by atoms with E-state index in [-0.39, 0.29) is 30.4 Å². The molecule has 1 fully saturated rings. The lowest BCUT2D eigenvalue weighted by Gasteiger charge is -2.31. The van der Waals surface area contributed by atoms with Crippen LogP contribution < -0.4 is 20.5 Å². The molecule has 3 aromatic rings. The number of hydrogen-bond donors (Lipinski definition) is 3. The second-order valence-corrected chi connectivity index (χ2v) is 6.45. The van der Waals surface area contributed by atoms with Crippen molar-refractivity contribution in [3.05, 3.63) is 48.3 Å². The van der Waals surface area contributed by atoms with Crippen LogP contribution in [0, 0.1) is 0 Å². The molecule has 0 unspecified atom stereocenters. The topological polar surface area (TPSA) is 85.2 Å². The van der Waals surface area contributed by atoms with E-state index < -0.39 is 0 Å². The number of hydrogen-bond acceptors (Lipinski definition) is 5. The zero-order valence-corrected chi connectivity index (χ0v) is 16.7. The molecule has 0 saturated carbocycles. The van der Waals surface area contributed by atoms with Crippen LogP contribution in [0.25, 0.3) is 11.0 Å². The lowest BCUT2D eigenvalue weighted by atomic mass is 9.89. The SMILES string of the molecule is COc1ccc(Oc2ccc3nc(C4(N)CCNCC4)[nH]c3c2)cc1.Cl.Cl. The molecule has 0 radical (unpaired) electrons. The molecule has 2 aromatic carbocycles. The molecule has 0 atom stereocenters. The molecule has 1 aliphatic rings. The molecule has 0 spiro atoms. The third kappa shape index (κ3) is 4.47. The Morgan fingerprint density at radius 2 is 1.59 bits per heavy atom. The highest BCUT2D eigenvalue weighted by Crippen LogP contribution is 2.30. The van der Waals surface area contributed by atoms with Crippen molar-refractivity contribution in [2.24, 2.45) is 5.73 Å². The predicted octanol–water partition coefficient (Wildman–Crippen LogP) is 3.74. The van der Waals surface area contributed by atoms with Gasteiger partial charge < -0.3 is 25.5 Å². The normalized spacial score (nSPS) is 15.5. The van der Waals surface area contributed by atoms with E-state index in [1.54, 1.807) is 7.11 Å². The Balaban J connectivity index is 0.00000131. The van der Waals surface area contributed by atoms with Crippen LogP contribution in [0.3, 0.4) is 0 Å². The van der Waals surface area contributed by atoms with E-state index in [4.69, 9.17) is 20.2 Å². The number of benzene rings is 2. The van der Waals surface area contributed by atoms with Crippen molar-refractivity contribution in [1.29, 1.82) is 0 Å². The standard InChI is InChI=1S/C19H22N4O2.2ClH/c1-24-13-2-4-14(5-3-13)25-15-6-7-16-17(12-15)23-18(22-16)19(20)8-10-21-11-9-19;;/h2-7,12,21H,8-11,20H2,1H3,(H,22,23);2*1H. The van der Waals surface area contributed by atoms with Crippen LogP contribution in [0.4, 0.5) is 0 Å². The summed E-state index contributed by atoms with van der Waals surface area (Å²) in [4.78, 5) is 8.08. The summed E-state index contributed by atoms with van der Waals surface area (Å²) in [6, 6.07) is 13.3. The number of aromatic amines is 1. The van der Waals surface area contributed by atoms with Crippen LogP contribution in [0.2, 0.25) is 0 Å². The van der Waals surface area contributed by atoms with E-state index in [0.29, 0.717) is 0 Å². The number of imidazole rings is 1. The van der Waals surface area contributed by atoms with Gasteiger partial charge in [-0.3, -0.25) is 0 Å². The van der Waals surface area contributed by atoms with Crippen LogP contribution in [-0.4, -0.2) is 30.2 Å². The second kappa shape index (κ2) is 8.80. The predicted molar refractivity (Wildman–Crippen MR) is 112 cm³/mol. The smallest absolute Gasteiger partial charge is 0.129 e. The highest BCUT2D eigenvalue weighted by Gasteiger charge is 2.32. The average molecular weight is 411 g/mol. The lowest BCUT2D eigenvalue weighted by Crippen LogP contribution is -2.47. The van der Waals surface area contributed by atoms with Gasteiger partial charge in [-0.05, 0) is 62.3 Å². The number of piperidine rings is 1. The summed E-state index contributed by atoms with van der Waals surface area (Å²) in [7, 11) is 1.65. The Morgan fingerprint density at radius 3 is 2.26 bits per heavy atom. The maximum Gasteiger partial charge on any atom is 0.129 e. The third-order valence-electron chi connectivity index (χ3n) is 4.72. The molecule has 0 aliphatic carbocycles. The fraction of sp³-hybridized carbons (Fsp3) is 0.316. The Morgan fingerprint density at radius 1 is 0.963 bits per heavy atom. The minimum Gasteiger partial charge on any atom is -0.497 e. The van der Waals surface area contributed by atoms with Crippen LogP contribution in [-0.2, 0) is 5.54 Å². The van der Waals surface area contributed by atoms with E-state index in [9.17, 15) is 0 Å². The summed E-state index contributed by atoms with van der Waals surface area (Å²) in [6.45, 7) is 1.83. The first-order valence-corrected chi connectivity index (χ1v) is 8.48. The largest absolute Gasteiger partial charge is 0.497 e. The van der Waals surface area contributed by atoms with E-state index in [2.05, 4.69) is 10.3 Å². The van der Waals surface area contributed by atoms with Gasteiger partial charge in [-0.1, -0.05) is 0 Å². The number of fused-ring (bicyclic) bond motifs is 1. The number of nitrogens with one attached hydrogen (secondary N) is 2. The minimum absolute atomic E-state index is 0. The van der Waals surface area contributed by atoms with Crippen LogP contribution in [0.15, 0.2) is 42.5 Å². The molecular weight excluding hydrogens is 387 g/mol. The molecule has 1 saturated heterocycles. The molecule has 146 valence electrons. The van der Waals surface area contributed by atoms with Gasteiger partial charge in [0.2, 0.25) is 0 Å². The van der Waals surface area contributed by atoms with Crippen molar-refractivity contribution >= 4 is 35.8 Å². The number of H-pyrrole nitrogens is 1. The van der Waals surface area contributed by atoms with Crippen molar-refractivity contribution < 1.29 is 9.47 Å². The maximum atomic E-state index is 6.56. The van der Waals surface area contributed by atoms with Gasteiger partial charge in [-0.15, -0.1) is 24.8 Å². The van der Waals surface area contributed by atoms with Crippen molar-refractivity contribution in [1.82, 2.24) is 15.3 Å². The fourth-order valence-electron chi connectivity index (χ4n) is 3.18. The highest BCUT2D eigenvalue weighted by molar-refractivity contribution is 5.85. The van der Waals surface area contributed by atoms with Gasteiger partial charge in [-0.2, -0.15) is 0 Å². The lowest BCUT2D eigenvalue weighted by molar-refractivity contribution is 0.304. The fourth-order valence-corrected chi connectivity index (χ4v) is 3.18. The molecule has 1 aliphatic heterocycles. The van der Waals surface area contributed by atoms with Crippen molar-refractivity contribution in [3.63, 3.8) is 0 Å². The van der Waals surface area contributed by atoms with Gasteiger partial charge in [0, 0.05) is 6.07 Å². The van der Waals surface area contributed by atoms with Crippen molar-refractivity contribution in [2.45, 2.75) is 18.4 Å². The molecule has 0 amide bonds. The van der Waals surface area contributed by atoms with Gasteiger partial charge >= 0.3 is 0 Å². The Hall–Kier alpha value is -1.99. The summed E-state index contributed by atoms with van der Waals surface area (Å²) in [5.41, 5.74) is 8.01. The number of halogens is 2. The monoisotopic (exact) mass is 410 g/mol. The molecule has 27 heavy (non-hydrogen) atoms. The van der Waals surface area contributed by atoms with E-state index >= 15 is 0 Å². The number of nitrogens with zero attached hydrogens (tertiary/aromatic N) is 1. The first-order valence-electron chi connectivity index (χ1n) is 8.48. The molecule has 8 heteroatoms. The summed E-state index contributed by atoms with van der Waals surface area (Å²) >= 11 is 0. The summed E-state index contributed by atoms with van der Waals surface area (Å²) in [5.74, 6) is 3.17. The van der Waals surface area contributed by atoms with Gasteiger partial charge in [0.25, 0.3) is 0 Å². The molecular formula is C19H24Cl2N4O2. The quantitative estimate of drug-likeness (QED) is 0.609. The first-order chi connectivity index (χ1) is 12.2. The molecule has 0 bridgehead atoms. The Labute approximate surface area is 170 Å². The van der Waals surface area contributed by atoms with Gasteiger partial charge in [0.1, 0.15) is 23.1 Å². The summed E-state index contributed by atoms with van der Waals surface area (Å²) in [5, 5.41) is 3.34. The number of nitrogens with two attached hydrogens (primary N) is 1. The summed E-state index contributed by atoms with van der Waals surface area (Å²) in [6.07, 6.45) is 1.75. The van der Waals surface area contributed by atoms with Crippen molar-refractivity contribution in [2.75, 3.05) is 20.2 Å². The number of ether oxygens (including phenoxy) is 2. The molecule has 1 aromatic heterocycles. The highest BCUT2D eigenvalue weighted by atomic mass is 35.5. The van der Waals surface area contributed by atoms with E-state index in [1.165, 1.54) is 0 Å². The molecule has 6 nitrogen and oxygen atoms in total. The Bertz CT molecular complexity index is 877. The number of rotatable bonds is 4. The van der Waals surface area contributed by atoms with Crippen molar-refractivity contribution in [3.8, 4) is 17.2 Å². The zero-order valence-electron chi connectivity index (χ0n) is 15.0. The molecule has 4 N–H and O–H groups in total. The Kier molecular flexibility index (Phi) is 6.95. The third-order valence-corrected chi connectivity index (χ3v) is 4.72. The minimum atomic E-state index is -0.388. The molecule has 2 heterocycles. The van der Waals surface area contributed by atoms with Crippen LogP contribution in [0.1, 0.15) is 18.7 Å². The number of methoxy groups -OCH3 is 1. The van der Waals surface area contributed by atoms with Crippen LogP contribution >= 0.6 is 24.8 Å². The van der Waals surface area contributed by atoms with Gasteiger partial charge in [0.15, 0.2) is 0 Å². The van der Waals surface area contributed by atoms with Gasteiger partial charge in [0.05, 0.1) is 23.7 Å². The second-order valence-electron chi connectivity index (χ2n) is 6.45.